The summed E-state index contributed by atoms with van der Waals surface area (Å²) in [6.45, 7) is 2.41. The van der Waals surface area contributed by atoms with E-state index in [2.05, 4.69) is 0 Å². The average molecular weight is 218 g/mol. The van der Waals surface area contributed by atoms with Gasteiger partial charge in [0.1, 0.15) is 11.3 Å². The zero-order valence-electron chi connectivity index (χ0n) is 8.73. The average Bonchev–Trinajstić information content (AvgIpc) is 2.29. The van der Waals surface area contributed by atoms with Crippen LogP contribution in [0.3, 0.4) is 0 Å². The fourth-order valence-electron chi connectivity index (χ4n) is 1.52. The lowest BCUT2D eigenvalue weighted by atomic mass is 10.1. The first-order chi connectivity index (χ1) is 7.74. The highest BCUT2D eigenvalue weighted by atomic mass is 16.5. The molecule has 16 heavy (non-hydrogen) atoms. The molecule has 82 valence electrons. The van der Waals surface area contributed by atoms with Gasteiger partial charge < -0.3 is 9.15 Å². The first kappa shape index (κ1) is 10.4. The third-order valence-electron chi connectivity index (χ3n) is 2.18. The molecule has 0 amide bonds. The minimum absolute atomic E-state index is 0.313. The normalized spacial score (nSPS) is 10.3. The van der Waals surface area contributed by atoms with E-state index in [9.17, 15) is 9.59 Å². The van der Waals surface area contributed by atoms with E-state index in [0.29, 0.717) is 35.2 Å². The van der Waals surface area contributed by atoms with Gasteiger partial charge in [-0.1, -0.05) is 0 Å². The first-order valence-electron chi connectivity index (χ1n) is 4.90. The van der Waals surface area contributed by atoms with E-state index in [4.69, 9.17) is 9.15 Å². The Bertz CT molecular complexity index is 583. The number of hydrogen-bond donors (Lipinski definition) is 0. The third kappa shape index (κ3) is 1.82. The summed E-state index contributed by atoms with van der Waals surface area (Å²) in [6.07, 6.45) is 0.634. The molecule has 1 heterocycles. The highest BCUT2D eigenvalue weighted by Gasteiger charge is 2.06. The van der Waals surface area contributed by atoms with Crippen molar-refractivity contribution >= 4 is 17.3 Å². The van der Waals surface area contributed by atoms with Crippen molar-refractivity contribution in [2.45, 2.75) is 6.92 Å². The second-order valence-corrected chi connectivity index (χ2v) is 3.23. The van der Waals surface area contributed by atoms with Crippen LogP contribution in [0.2, 0.25) is 0 Å². The molecule has 1 aromatic carbocycles. The summed E-state index contributed by atoms with van der Waals surface area (Å²) in [4.78, 5) is 21.9. The summed E-state index contributed by atoms with van der Waals surface area (Å²) in [5.74, 6) is 0.645. The monoisotopic (exact) mass is 218 g/mol. The van der Waals surface area contributed by atoms with Gasteiger partial charge in [-0.3, -0.25) is 4.79 Å². The molecule has 0 spiro atoms. The maximum Gasteiger partial charge on any atom is 0.336 e. The predicted molar refractivity (Wildman–Crippen MR) is 59.0 cm³/mol. The highest BCUT2D eigenvalue weighted by molar-refractivity contribution is 5.95. The molecule has 0 aliphatic heterocycles. The van der Waals surface area contributed by atoms with Crippen LogP contribution in [-0.4, -0.2) is 12.9 Å². The van der Waals surface area contributed by atoms with E-state index in [1.54, 1.807) is 18.2 Å². The third-order valence-corrected chi connectivity index (χ3v) is 2.18. The van der Waals surface area contributed by atoms with E-state index in [1.807, 2.05) is 6.92 Å². The molecule has 2 rings (SSSR count). The Morgan fingerprint density at radius 2 is 2.19 bits per heavy atom. The Morgan fingerprint density at radius 3 is 2.88 bits per heavy atom. The summed E-state index contributed by atoms with van der Waals surface area (Å²) in [5, 5.41) is 0.584. The van der Waals surface area contributed by atoms with Crippen LogP contribution in [0.4, 0.5) is 0 Å². The van der Waals surface area contributed by atoms with Crippen molar-refractivity contribution in [2.24, 2.45) is 0 Å². The number of carbonyl (C=O) groups excluding carboxylic acids is 1. The maximum absolute atomic E-state index is 11.1. The quantitative estimate of drug-likeness (QED) is 0.584. The van der Waals surface area contributed by atoms with Crippen LogP contribution in [-0.2, 0) is 0 Å². The van der Waals surface area contributed by atoms with Crippen LogP contribution in [0.5, 0.6) is 5.75 Å². The molecular weight excluding hydrogens is 208 g/mol. The van der Waals surface area contributed by atoms with Gasteiger partial charge in [-0.25, -0.2) is 4.79 Å². The number of fused-ring (bicyclic) bond motifs is 1. The summed E-state index contributed by atoms with van der Waals surface area (Å²) < 4.78 is 10.3. The fourth-order valence-corrected chi connectivity index (χ4v) is 1.52. The van der Waals surface area contributed by atoms with E-state index in [0.717, 1.165) is 0 Å². The van der Waals surface area contributed by atoms with Gasteiger partial charge in [0, 0.05) is 17.0 Å². The zero-order valence-corrected chi connectivity index (χ0v) is 8.73. The second-order valence-electron chi connectivity index (χ2n) is 3.23. The Labute approximate surface area is 91.4 Å². The van der Waals surface area contributed by atoms with Crippen molar-refractivity contribution < 1.29 is 13.9 Å². The summed E-state index contributed by atoms with van der Waals surface area (Å²) >= 11 is 0. The number of rotatable bonds is 3. The molecule has 1 aromatic heterocycles. The van der Waals surface area contributed by atoms with Gasteiger partial charge in [0.15, 0.2) is 6.29 Å². The molecular formula is C12H10O4. The molecule has 4 nitrogen and oxygen atoms in total. The second kappa shape index (κ2) is 4.18. The lowest BCUT2D eigenvalue weighted by Gasteiger charge is -2.04. The standard InChI is InChI=1S/C12H10O4/c1-2-15-9-3-4-11-10(6-9)8(7-13)5-12(14)16-11/h3-7H,2H2,1H3. The molecule has 0 unspecified atom stereocenters. The van der Waals surface area contributed by atoms with E-state index in [1.165, 1.54) is 6.07 Å². The van der Waals surface area contributed by atoms with Crippen LogP contribution < -0.4 is 10.4 Å². The molecule has 0 bridgehead atoms. The molecule has 0 aliphatic carbocycles. The Balaban J connectivity index is 2.70. The number of ether oxygens (including phenoxy) is 1. The smallest absolute Gasteiger partial charge is 0.336 e. The Kier molecular flexibility index (Phi) is 2.72. The van der Waals surface area contributed by atoms with Crippen LogP contribution in [0.25, 0.3) is 11.0 Å². The fraction of sp³-hybridized carbons (Fsp3) is 0.167. The van der Waals surface area contributed by atoms with E-state index < -0.39 is 5.63 Å². The number of aldehydes is 1. The summed E-state index contributed by atoms with van der Waals surface area (Å²) in [6, 6.07) is 6.18. The number of benzene rings is 1. The number of carbonyl (C=O) groups is 1. The van der Waals surface area contributed by atoms with Crippen LogP contribution in [0.15, 0.2) is 33.5 Å². The molecule has 0 atom stereocenters. The molecule has 0 radical (unpaired) electrons. The van der Waals surface area contributed by atoms with Crippen molar-refractivity contribution in [2.75, 3.05) is 6.61 Å². The Morgan fingerprint density at radius 1 is 1.38 bits per heavy atom. The number of hydrogen-bond acceptors (Lipinski definition) is 4. The molecule has 0 saturated carbocycles. The summed E-state index contributed by atoms with van der Waals surface area (Å²) in [7, 11) is 0. The maximum atomic E-state index is 11.1. The Hall–Kier alpha value is -2.10. The van der Waals surface area contributed by atoms with Gasteiger partial charge in [-0.05, 0) is 25.1 Å². The largest absolute Gasteiger partial charge is 0.494 e. The van der Waals surface area contributed by atoms with E-state index in [-0.39, 0.29) is 0 Å². The molecule has 0 saturated heterocycles. The molecule has 2 aromatic rings. The molecule has 0 fully saturated rings. The lowest BCUT2D eigenvalue weighted by Crippen LogP contribution is -2.00. The summed E-state index contributed by atoms with van der Waals surface area (Å²) in [5.41, 5.74) is 0.171. The minimum Gasteiger partial charge on any atom is -0.494 e. The zero-order chi connectivity index (χ0) is 11.5. The first-order valence-corrected chi connectivity index (χ1v) is 4.90. The van der Waals surface area contributed by atoms with Crippen molar-refractivity contribution in [1.29, 1.82) is 0 Å². The van der Waals surface area contributed by atoms with Crippen molar-refractivity contribution in [1.82, 2.24) is 0 Å². The van der Waals surface area contributed by atoms with Gasteiger partial charge in [-0.2, -0.15) is 0 Å². The van der Waals surface area contributed by atoms with Gasteiger partial charge in [0.25, 0.3) is 0 Å². The topological polar surface area (TPSA) is 56.5 Å². The van der Waals surface area contributed by atoms with E-state index >= 15 is 0 Å². The molecule has 0 aliphatic rings. The van der Waals surface area contributed by atoms with Crippen molar-refractivity contribution in [3.05, 3.63) is 40.2 Å². The molecule has 4 heteroatoms. The van der Waals surface area contributed by atoms with Crippen molar-refractivity contribution in [3.63, 3.8) is 0 Å². The van der Waals surface area contributed by atoms with Crippen LogP contribution >= 0.6 is 0 Å². The minimum atomic E-state index is -0.529. The lowest BCUT2D eigenvalue weighted by molar-refractivity contribution is 0.112. The SMILES string of the molecule is CCOc1ccc2oc(=O)cc(C=O)c2c1. The van der Waals surface area contributed by atoms with Gasteiger partial charge in [0.05, 0.1) is 6.61 Å². The predicted octanol–water partition coefficient (Wildman–Crippen LogP) is 2.00. The van der Waals surface area contributed by atoms with Crippen molar-refractivity contribution in [3.8, 4) is 5.75 Å². The van der Waals surface area contributed by atoms with Gasteiger partial charge in [-0.15, -0.1) is 0 Å². The van der Waals surface area contributed by atoms with Gasteiger partial charge >= 0.3 is 5.63 Å². The van der Waals surface area contributed by atoms with Crippen LogP contribution in [0.1, 0.15) is 17.3 Å². The molecule has 0 N–H and O–H groups in total. The van der Waals surface area contributed by atoms with Gasteiger partial charge in [0.2, 0.25) is 0 Å². The highest BCUT2D eigenvalue weighted by Crippen LogP contribution is 2.22. The van der Waals surface area contributed by atoms with Crippen LogP contribution in [0, 0.1) is 0 Å².